The minimum absolute atomic E-state index is 0.163. The second kappa shape index (κ2) is 9.91. The number of benzene rings is 3. The van der Waals surface area contributed by atoms with Crippen molar-refractivity contribution in [1.82, 2.24) is 0 Å². The van der Waals surface area contributed by atoms with Gasteiger partial charge in [-0.2, -0.15) is 4.21 Å². The SMILES string of the molecule is COc1ccc([C@@H]2OS(=O)O[C@H]2CO[Si](c2ccccc2)(c2ccccc2)C(C)(C)C)cc1. The molecule has 1 fully saturated rings. The second-order valence-corrected chi connectivity index (χ2v) is 14.2. The molecule has 0 amide bonds. The molecule has 0 aromatic heterocycles. The fourth-order valence-corrected chi connectivity index (χ4v) is 9.85. The Hall–Kier alpha value is -2.29. The lowest BCUT2D eigenvalue weighted by Gasteiger charge is -2.43. The van der Waals surface area contributed by atoms with E-state index in [1.165, 1.54) is 10.4 Å². The van der Waals surface area contributed by atoms with Gasteiger partial charge >= 0.3 is 11.4 Å². The maximum Gasteiger partial charge on any atom is 0.305 e. The zero-order valence-electron chi connectivity index (χ0n) is 19.4. The molecule has 7 heteroatoms. The minimum Gasteiger partial charge on any atom is -0.497 e. The average Bonchev–Trinajstić information content (AvgIpc) is 3.20. The minimum atomic E-state index is -2.74. The van der Waals surface area contributed by atoms with E-state index in [1.807, 2.05) is 36.4 Å². The van der Waals surface area contributed by atoms with Crippen molar-refractivity contribution in [2.24, 2.45) is 0 Å². The summed E-state index contributed by atoms with van der Waals surface area (Å²) in [4.78, 5) is 0. The van der Waals surface area contributed by atoms with Crippen LogP contribution >= 0.6 is 0 Å². The van der Waals surface area contributed by atoms with Crippen LogP contribution in [0.25, 0.3) is 0 Å². The van der Waals surface area contributed by atoms with Crippen LogP contribution in [0.5, 0.6) is 5.75 Å². The highest BCUT2D eigenvalue weighted by Crippen LogP contribution is 2.39. The third kappa shape index (κ3) is 4.83. The van der Waals surface area contributed by atoms with Crippen LogP contribution < -0.4 is 15.1 Å². The van der Waals surface area contributed by atoms with Crippen LogP contribution in [-0.4, -0.2) is 32.3 Å². The largest absolute Gasteiger partial charge is 0.497 e. The molecule has 1 aliphatic rings. The number of methoxy groups -OCH3 is 1. The van der Waals surface area contributed by atoms with E-state index in [9.17, 15) is 4.21 Å². The van der Waals surface area contributed by atoms with Gasteiger partial charge in [-0.15, -0.1) is 0 Å². The summed E-state index contributed by atoms with van der Waals surface area (Å²) in [5.41, 5.74) is 0.873. The molecule has 1 saturated heterocycles. The van der Waals surface area contributed by atoms with Gasteiger partial charge in [-0.25, -0.2) is 0 Å². The number of ether oxygens (including phenoxy) is 1. The topological polar surface area (TPSA) is 54.0 Å². The first kappa shape index (κ1) is 23.9. The number of hydrogen-bond donors (Lipinski definition) is 0. The molecule has 3 aromatic carbocycles. The van der Waals surface area contributed by atoms with E-state index in [2.05, 4.69) is 69.3 Å². The molecule has 0 spiro atoms. The highest BCUT2D eigenvalue weighted by Gasteiger charge is 2.51. The van der Waals surface area contributed by atoms with Gasteiger partial charge in [-0.1, -0.05) is 93.6 Å². The Labute approximate surface area is 199 Å². The lowest BCUT2D eigenvalue weighted by molar-refractivity contribution is 0.0957. The molecule has 0 aliphatic carbocycles. The van der Waals surface area contributed by atoms with E-state index in [0.717, 1.165) is 11.3 Å². The van der Waals surface area contributed by atoms with Gasteiger partial charge in [0.25, 0.3) is 8.32 Å². The van der Waals surface area contributed by atoms with Gasteiger partial charge in [0.2, 0.25) is 0 Å². The summed E-state index contributed by atoms with van der Waals surface area (Å²) in [6.45, 7) is 6.94. The number of rotatable bonds is 7. The lowest BCUT2D eigenvalue weighted by atomic mass is 10.1. The molecule has 1 unspecified atom stereocenters. The summed E-state index contributed by atoms with van der Waals surface area (Å²) in [5, 5.41) is 2.21. The normalized spacial score (nSPS) is 21.2. The first-order valence-electron chi connectivity index (χ1n) is 11.0. The van der Waals surface area contributed by atoms with E-state index in [4.69, 9.17) is 17.5 Å². The van der Waals surface area contributed by atoms with E-state index >= 15 is 0 Å². The van der Waals surface area contributed by atoms with Crippen LogP contribution in [0.4, 0.5) is 0 Å². The molecule has 3 aromatic rings. The monoisotopic (exact) mass is 482 g/mol. The fourth-order valence-electron chi connectivity index (χ4n) is 4.47. The molecule has 174 valence electrons. The summed E-state index contributed by atoms with van der Waals surface area (Å²) >= 11 is -1.82. The Morgan fingerprint density at radius 1 is 0.848 bits per heavy atom. The molecule has 3 atom stereocenters. The molecule has 33 heavy (non-hydrogen) atoms. The maximum atomic E-state index is 12.2. The van der Waals surface area contributed by atoms with Crippen molar-refractivity contribution in [3.63, 3.8) is 0 Å². The van der Waals surface area contributed by atoms with Gasteiger partial charge < -0.3 is 9.16 Å². The first-order chi connectivity index (χ1) is 15.8. The Morgan fingerprint density at radius 2 is 1.39 bits per heavy atom. The second-order valence-electron chi connectivity index (χ2n) is 9.10. The zero-order chi connectivity index (χ0) is 23.5. The predicted octanol–water partition coefficient (Wildman–Crippen LogP) is 4.31. The van der Waals surface area contributed by atoms with Gasteiger partial charge in [-0.3, -0.25) is 8.37 Å². The maximum absolute atomic E-state index is 12.2. The van der Waals surface area contributed by atoms with Gasteiger partial charge in [0.05, 0.1) is 13.7 Å². The highest BCUT2D eigenvalue weighted by molar-refractivity contribution is 7.75. The molecular weight excluding hydrogens is 452 g/mol. The third-order valence-electron chi connectivity index (χ3n) is 6.05. The first-order valence-corrected chi connectivity index (χ1v) is 13.9. The molecule has 1 heterocycles. The summed E-state index contributed by atoms with van der Waals surface area (Å²) in [6.07, 6.45) is -0.990. The molecule has 1 aliphatic heterocycles. The van der Waals surface area contributed by atoms with Crippen LogP contribution in [-0.2, 0) is 24.2 Å². The van der Waals surface area contributed by atoms with Gasteiger partial charge in [0, 0.05) is 0 Å². The molecule has 5 nitrogen and oxygen atoms in total. The lowest BCUT2D eigenvalue weighted by Crippen LogP contribution is -2.67. The van der Waals surface area contributed by atoms with E-state index in [1.54, 1.807) is 7.11 Å². The van der Waals surface area contributed by atoms with Crippen molar-refractivity contribution in [3.8, 4) is 5.75 Å². The molecule has 0 N–H and O–H groups in total. The van der Waals surface area contributed by atoms with Gasteiger partial charge in [0.1, 0.15) is 18.0 Å². The van der Waals surface area contributed by atoms with Crippen LogP contribution in [0.2, 0.25) is 5.04 Å². The molecule has 0 saturated carbocycles. The van der Waals surface area contributed by atoms with E-state index < -0.39 is 31.9 Å². The Kier molecular flexibility index (Phi) is 7.16. The summed E-state index contributed by atoms with van der Waals surface area (Å²) in [6, 6.07) is 28.4. The summed E-state index contributed by atoms with van der Waals surface area (Å²) < 4.78 is 35.8. The van der Waals surface area contributed by atoms with Crippen LogP contribution in [0.15, 0.2) is 84.9 Å². The standard InChI is InChI=1S/C26H30O5SSi/c1-26(2,3)33(22-11-7-5-8-12-22,23-13-9-6-10-14-23)29-19-24-25(31-32(27)30-24)20-15-17-21(28-4)18-16-20/h5-18,24-25H,19H2,1-4H3/t24-,25-,32?/m0/s1. The Morgan fingerprint density at radius 3 is 1.88 bits per heavy atom. The van der Waals surface area contributed by atoms with Crippen molar-refractivity contribution < 1.29 is 21.7 Å². The van der Waals surface area contributed by atoms with Crippen molar-refractivity contribution in [2.75, 3.05) is 13.7 Å². The quantitative estimate of drug-likeness (QED) is 0.470. The average molecular weight is 483 g/mol. The summed E-state index contributed by atoms with van der Waals surface area (Å²) in [5.74, 6) is 0.749. The summed E-state index contributed by atoms with van der Waals surface area (Å²) in [7, 11) is -1.11. The van der Waals surface area contributed by atoms with Gasteiger partial charge in [0.15, 0.2) is 0 Å². The van der Waals surface area contributed by atoms with Crippen LogP contribution in [0, 0.1) is 0 Å². The fraction of sp³-hybridized carbons (Fsp3) is 0.308. The number of hydrogen-bond acceptors (Lipinski definition) is 5. The van der Waals surface area contributed by atoms with E-state index in [0.29, 0.717) is 0 Å². The highest BCUT2D eigenvalue weighted by atomic mass is 32.2. The molecule has 0 bridgehead atoms. The van der Waals surface area contributed by atoms with Crippen molar-refractivity contribution in [3.05, 3.63) is 90.5 Å². The smallest absolute Gasteiger partial charge is 0.305 e. The van der Waals surface area contributed by atoms with Crippen molar-refractivity contribution in [1.29, 1.82) is 0 Å². The molecule has 0 radical (unpaired) electrons. The Bertz CT molecular complexity index is 1030. The third-order valence-corrected chi connectivity index (χ3v) is 11.8. The van der Waals surface area contributed by atoms with Crippen LogP contribution in [0.3, 0.4) is 0 Å². The Balaban J connectivity index is 1.70. The van der Waals surface area contributed by atoms with Crippen LogP contribution in [0.1, 0.15) is 32.4 Å². The molecular formula is C26H30O5SSi. The van der Waals surface area contributed by atoms with Gasteiger partial charge in [-0.05, 0) is 33.1 Å². The van der Waals surface area contributed by atoms with Crippen molar-refractivity contribution >= 4 is 30.1 Å². The van der Waals surface area contributed by atoms with E-state index in [-0.39, 0.29) is 11.6 Å². The molecule has 4 rings (SSSR count). The zero-order valence-corrected chi connectivity index (χ0v) is 21.2. The predicted molar refractivity (Wildman–Crippen MR) is 133 cm³/mol. The van der Waals surface area contributed by atoms with Crippen molar-refractivity contribution in [2.45, 2.75) is 38.0 Å².